The van der Waals surface area contributed by atoms with E-state index in [9.17, 15) is 0 Å². The van der Waals surface area contributed by atoms with Crippen molar-refractivity contribution in [3.63, 3.8) is 0 Å². The Morgan fingerprint density at radius 2 is 1.90 bits per heavy atom. The van der Waals surface area contributed by atoms with Crippen LogP contribution in [0.3, 0.4) is 0 Å². The Bertz CT molecular complexity index is 532. The average molecular weight is 267 g/mol. The summed E-state index contributed by atoms with van der Waals surface area (Å²) in [7, 11) is 0. The van der Waals surface area contributed by atoms with Gasteiger partial charge in [-0.05, 0) is 42.6 Å². The number of benzene rings is 2. The van der Waals surface area contributed by atoms with E-state index in [2.05, 4.69) is 35.6 Å². The molecule has 2 aromatic rings. The van der Waals surface area contributed by atoms with Gasteiger partial charge in [0.05, 0.1) is 0 Å². The molecule has 0 spiro atoms. The predicted octanol–water partition coefficient (Wildman–Crippen LogP) is 4.08. The molecule has 1 N–H and O–H groups in total. The van der Waals surface area contributed by atoms with Crippen molar-refractivity contribution in [3.05, 3.63) is 65.7 Å². The van der Waals surface area contributed by atoms with Crippen LogP contribution >= 0.6 is 0 Å². The van der Waals surface area contributed by atoms with Gasteiger partial charge in [-0.3, -0.25) is 0 Å². The second kappa shape index (κ2) is 6.58. The molecule has 0 radical (unpaired) electrons. The lowest BCUT2D eigenvalue weighted by Gasteiger charge is -2.24. The van der Waals surface area contributed by atoms with Crippen molar-refractivity contribution < 1.29 is 4.74 Å². The normalized spacial score (nSPS) is 18.7. The summed E-state index contributed by atoms with van der Waals surface area (Å²) in [4.78, 5) is 0. The Kier molecular flexibility index (Phi) is 4.34. The van der Waals surface area contributed by atoms with Crippen molar-refractivity contribution >= 4 is 0 Å². The lowest BCUT2D eigenvalue weighted by atomic mass is 9.97. The van der Waals surface area contributed by atoms with Gasteiger partial charge in [-0.2, -0.15) is 0 Å². The van der Waals surface area contributed by atoms with Gasteiger partial charge in [-0.25, -0.2) is 0 Å². The number of hydrogen-bond acceptors (Lipinski definition) is 2. The van der Waals surface area contributed by atoms with Gasteiger partial charge in [0.1, 0.15) is 12.4 Å². The van der Waals surface area contributed by atoms with Crippen molar-refractivity contribution in [1.82, 2.24) is 5.32 Å². The molecule has 0 amide bonds. The van der Waals surface area contributed by atoms with E-state index in [4.69, 9.17) is 4.74 Å². The van der Waals surface area contributed by atoms with Crippen LogP contribution in [0.4, 0.5) is 0 Å². The van der Waals surface area contributed by atoms with E-state index in [1.807, 2.05) is 24.3 Å². The molecule has 0 aromatic heterocycles. The van der Waals surface area contributed by atoms with Gasteiger partial charge in [0.25, 0.3) is 0 Å². The molecule has 0 aliphatic carbocycles. The molecule has 2 nitrogen and oxygen atoms in total. The molecule has 1 aliphatic heterocycles. The molecule has 3 rings (SSSR count). The third-order valence-corrected chi connectivity index (χ3v) is 3.82. The molecular weight excluding hydrogens is 246 g/mol. The van der Waals surface area contributed by atoms with E-state index in [-0.39, 0.29) is 0 Å². The fourth-order valence-corrected chi connectivity index (χ4v) is 2.70. The highest BCUT2D eigenvalue weighted by Gasteiger charge is 2.14. The minimum atomic E-state index is 0.490. The minimum absolute atomic E-state index is 0.490. The zero-order chi connectivity index (χ0) is 13.6. The quantitative estimate of drug-likeness (QED) is 0.901. The maximum Gasteiger partial charge on any atom is 0.120 e. The Balaban J connectivity index is 1.65. The van der Waals surface area contributed by atoms with Crippen molar-refractivity contribution in [2.24, 2.45) is 0 Å². The first-order valence-corrected chi connectivity index (χ1v) is 7.42. The van der Waals surface area contributed by atoms with Gasteiger partial charge < -0.3 is 10.1 Å². The minimum Gasteiger partial charge on any atom is -0.489 e. The van der Waals surface area contributed by atoms with Gasteiger partial charge >= 0.3 is 0 Å². The lowest BCUT2D eigenvalue weighted by Crippen LogP contribution is -2.26. The molecule has 2 aromatic carbocycles. The fourth-order valence-electron chi connectivity index (χ4n) is 2.70. The van der Waals surface area contributed by atoms with Crippen LogP contribution in [0, 0.1) is 0 Å². The predicted molar refractivity (Wildman–Crippen MR) is 81.8 cm³/mol. The maximum atomic E-state index is 5.90. The Labute approximate surface area is 120 Å². The summed E-state index contributed by atoms with van der Waals surface area (Å²) < 4.78 is 5.90. The zero-order valence-electron chi connectivity index (χ0n) is 11.7. The van der Waals surface area contributed by atoms with Crippen LogP contribution in [0.5, 0.6) is 5.75 Å². The van der Waals surface area contributed by atoms with Crippen molar-refractivity contribution in [2.45, 2.75) is 31.9 Å². The van der Waals surface area contributed by atoms with Crippen molar-refractivity contribution in [3.8, 4) is 5.75 Å². The van der Waals surface area contributed by atoms with Gasteiger partial charge in [0.2, 0.25) is 0 Å². The number of piperidine rings is 1. The smallest absolute Gasteiger partial charge is 0.120 e. The molecule has 1 fully saturated rings. The number of nitrogens with one attached hydrogen (secondary N) is 1. The van der Waals surface area contributed by atoms with E-state index in [0.717, 1.165) is 12.3 Å². The third kappa shape index (κ3) is 3.40. The van der Waals surface area contributed by atoms with E-state index in [0.29, 0.717) is 12.6 Å². The monoisotopic (exact) mass is 267 g/mol. The topological polar surface area (TPSA) is 21.3 Å². The molecule has 0 bridgehead atoms. The molecule has 0 unspecified atom stereocenters. The largest absolute Gasteiger partial charge is 0.489 e. The second-order valence-electron chi connectivity index (χ2n) is 5.35. The van der Waals surface area contributed by atoms with Gasteiger partial charge in [-0.15, -0.1) is 0 Å². The highest BCUT2D eigenvalue weighted by atomic mass is 16.5. The van der Waals surface area contributed by atoms with Crippen LogP contribution in [0.2, 0.25) is 0 Å². The summed E-state index contributed by atoms with van der Waals surface area (Å²) in [6.45, 7) is 1.75. The highest BCUT2D eigenvalue weighted by Crippen LogP contribution is 2.26. The summed E-state index contributed by atoms with van der Waals surface area (Å²) >= 11 is 0. The summed E-state index contributed by atoms with van der Waals surface area (Å²) in [6.07, 6.45) is 3.83. The first-order valence-electron chi connectivity index (χ1n) is 7.42. The number of rotatable bonds is 4. The SMILES string of the molecule is c1ccc(COc2cccc([C@H]3CCCCN3)c2)cc1. The molecule has 1 heterocycles. The van der Waals surface area contributed by atoms with Crippen LogP contribution < -0.4 is 10.1 Å². The molecular formula is C18H21NO. The molecule has 104 valence electrons. The van der Waals surface area contributed by atoms with Crippen LogP contribution in [0.1, 0.15) is 36.4 Å². The molecule has 20 heavy (non-hydrogen) atoms. The Morgan fingerprint density at radius 3 is 2.70 bits per heavy atom. The van der Waals surface area contributed by atoms with Crippen molar-refractivity contribution in [2.75, 3.05) is 6.54 Å². The Hall–Kier alpha value is -1.80. The fraction of sp³-hybridized carbons (Fsp3) is 0.333. The second-order valence-corrected chi connectivity index (χ2v) is 5.35. The first-order chi connectivity index (χ1) is 9.92. The maximum absolute atomic E-state index is 5.90. The van der Waals surface area contributed by atoms with Crippen LogP contribution in [0.15, 0.2) is 54.6 Å². The van der Waals surface area contributed by atoms with Crippen LogP contribution in [-0.4, -0.2) is 6.54 Å². The standard InChI is InChI=1S/C18H21NO/c1-2-7-15(8-3-1)14-20-17-10-6-9-16(13-17)18-11-4-5-12-19-18/h1-3,6-10,13,18-19H,4-5,11-12,14H2/t18-/m1/s1. The molecule has 1 saturated heterocycles. The highest BCUT2D eigenvalue weighted by molar-refractivity contribution is 5.31. The average Bonchev–Trinajstić information content (AvgIpc) is 2.55. The summed E-state index contributed by atoms with van der Waals surface area (Å²) in [5, 5.41) is 3.58. The molecule has 0 saturated carbocycles. The van der Waals surface area contributed by atoms with Crippen LogP contribution in [-0.2, 0) is 6.61 Å². The zero-order valence-corrected chi connectivity index (χ0v) is 11.7. The van der Waals surface area contributed by atoms with Crippen LogP contribution in [0.25, 0.3) is 0 Å². The molecule has 1 aliphatic rings. The number of ether oxygens (including phenoxy) is 1. The Morgan fingerprint density at radius 1 is 1.00 bits per heavy atom. The summed E-state index contributed by atoms with van der Waals surface area (Å²) in [6, 6.07) is 19.3. The summed E-state index contributed by atoms with van der Waals surface area (Å²) in [5.41, 5.74) is 2.55. The van der Waals surface area contributed by atoms with Gasteiger partial charge in [0, 0.05) is 6.04 Å². The van der Waals surface area contributed by atoms with E-state index in [1.165, 1.54) is 30.4 Å². The number of hydrogen-bond donors (Lipinski definition) is 1. The van der Waals surface area contributed by atoms with E-state index < -0.39 is 0 Å². The van der Waals surface area contributed by atoms with E-state index in [1.54, 1.807) is 0 Å². The van der Waals surface area contributed by atoms with Gasteiger partial charge in [0.15, 0.2) is 0 Å². The third-order valence-electron chi connectivity index (χ3n) is 3.82. The first kappa shape index (κ1) is 13.2. The lowest BCUT2D eigenvalue weighted by molar-refractivity contribution is 0.305. The summed E-state index contributed by atoms with van der Waals surface area (Å²) in [5.74, 6) is 0.957. The van der Waals surface area contributed by atoms with Gasteiger partial charge in [-0.1, -0.05) is 48.9 Å². The van der Waals surface area contributed by atoms with Crippen molar-refractivity contribution in [1.29, 1.82) is 0 Å². The molecule has 2 heteroatoms. The van der Waals surface area contributed by atoms with E-state index >= 15 is 0 Å². The molecule has 1 atom stereocenters.